The lowest BCUT2D eigenvalue weighted by molar-refractivity contribution is -0.897. The lowest BCUT2D eigenvalue weighted by Crippen LogP contribution is -3.14. The third-order valence-electron chi connectivity index (χ3n) is 5.09. The van der Waals surface area contributed by atoms with Crippen LogP contribution in [0.3, 0.4) is 0 Å². The van der Waals surface area contributed by atoms with Crippen molar-refractivity contribution >= 4 is 17.4 Å². The van der Waals surface area contributed by atoms with Crippen molar-refractivity contribution in [3.05, 3.63) is 34.9 Å². The van der Waals surface area contributed by atoms with E-state index in [4.69, 9.17) is 11.6 Å². The Morgan fingerprint density at radius 1 is 1.15 bits per heavy atom. The molecule has 1 aliphatic carbocycles. The molecule has 1 aromatic rings. The number of rotatable bonds is 4. The van der Waals surface area contributed by atoms with Crippen molar-refractivity contribution in [2.45, 2.75) is 43.9 Å². The number of carbonyl (C=O) groups excluding carboxylic acids is 1. The molecule has 1 saturated carbocycles. The molecule has 0 spiro atoms. The topological polar surface area (TPSA) is 21.5 Å². The number of halogens is 1. The van der Waals surface area contributed by atoms with Crippen molar-refractivity contribution in [1.29, 1.82) is 0 Å². The third kappa shape index (κ3) is 2.64. The molecule has 0 amide bonds. The van der Waals surface area contributed by atoms with Crippen molar-refractivity contribution in [3.63, 3.8) is 0 Å². The Morgan fingerprint density at radius 2 is 1.90 bits per heavy atom. The largest absolute Gasteiger partial charge is 0.329 e. The Hall–Kier alpha value is -0.860. The lowest BCUT2D eigenvalue weighted by Gasteiger charge is -2.41. The fourth-order valence-electron chi connectivity index (χ4n) is 3.67. The molecule has 1 saturated heterocycles. The molecule has 20 heavy (non-hydrogen) atoms. The Balaban J connectivity index is 1.76. The summed E-state index contributed by atoms with van der Waals surface area (Å²) in [7, 11) is 0. The van der Waals surface area contributed by atoms with Gasteiger partial charge >= 0.3 is 0 Å². The average Bonchev–Trinajstić information content (AvgIpc) is 2.38. The van der Waals surface area contributed by atoms with Gasteiger partial charge in [-0.1, -0.05) is 30.2 Å². The predicted octanol–water partition coefficient (Wildman–Crippen LogP) is 2.40. The molecule has 1 heterocycles. The molecule has 1 aromatic carbocycles. The number of hydrogen-bond donors (Lipinski definition) is 1. The quantitative estimate of drug-likeness (QED) is 0.904. The number of piperidine rings is 1. The van der Waals surface area contributed by atoms with Crippen LogP contribution in [-0.4, -0.2) is 25.4 Å². The molecule has 0 aromatic heterocycles. The number of ketones is 1. The predicted molar refractivity (Wildman–Crippen MR) is 81.4 cm³/mol. The minimum Gasteiger partial charge on any atom is -0.329 e. The van der Waals surface area contributed by atoms with Gasteiger partial charge in [0.05, 0.1) is 18.5 Å². The van der Waals surface area contributed by atoms with E-state index in [1.807, 2.05) is 18.2 Å². The number of carbonyl (C=O) groups is 1. The molecule has 3 rings (SSSR count). The SMILES string of the molecule is O=C(C[NH+]1CCCCC1)C1(c2cccc(Cl)c2)CCC1. The Kier molecular flexibility index (Phi) is 4.13. The van der Waals surface area contributed by atoms with Gasteiger partial charge in [0.1, 0.15) is 6.54 Å². The average molecular weight is 293 g/mol. The summed E-state index contributed by atoms with van der Waals surface area (Å²) in [6.07, 6.45) is 7.03. The second-order valence-electron chi connectivity index (χ2n) is 6.36. The Bertz CT molecular complexity index is 490. The van der Waals surface area contributed by atoms with Gasteiger partial charge in [-0.05, 0) is 49.8 Å². The van der Waals surface area contributed by atoms with Crippen LogP contribution < -0.4 is 4.90 Å². The maximum atomic E-state index is 12.9. The van der Waals surface area contributed by atoms with Gasteiger partial charge in [0, 0.05) is 5.02 Å². The standard InChI is InChI=1S/C17H22ClNO/c18-15-7-4-6-14(12-15)17(8-5-9-17)16(20)13-19-10-2-1-3-11-19/h4,6-7,12H,1-3,5,8-11,13H2/p+1. The highest BCUT2D eigenvalue weighted by atomic mass is 35.5. The van der Waals surface area contributed by atoms with Gasteiger partial charge in [0.25, 0.3) is 0 Å². The van der Waals surface area contributed by atoms with Crippen LogP contribution in [0.25, 0.3) is 0 Å². The summed E-state index contributed by atoms with van der Waals surface area (Å²) < 4.78 is 0. The molecule has 0 bridgehead atoms. The van der Waals surface area contributed by atoms with E-state index in [9.17, 15) is 4.79 Å². The second kappa shape index (κ2) is 5.87. The maximum Gasteiger partial charge on any atom is 0.197 e. The number of nitrogens with one attached hydrogen (secondary N) is 1. The highest BCUT2D eigenvalue weighted by Gasteiger charge is 2.46. The number of quaternary nitrogens is 1. The molecule has 0 atom stereocenters. The van der Waals surface area contributed by atoms with Crippen molar-refractivity contribution in [2.75, 3.05) is 19.6 Å². The normalized spacial score (nSPS) is 22.2. The zero-order valence-corrected chi connectivity index (χ0v) is 12.7. The minimum absolute atomic E-state index is 0.227. The molecular weight excluding hydrogens is 270 g/mol. The first-order chi connectivity index (χ1) is 9.71. The highest BCUT2D eigenvalue weighted by molar-refractivity contribution is 6.30. The minimum atomic E-state index is -0.227. The molecule has 2 aliphatic rings. The summed E-state index contributed by atoms with van der Waals surface area (Å²) in [5.74, 6) is 0.433. The van der Waals surface area contributed by atoms with Crippen LogP contribution in [0.2, 0.25) is 5.02 Å². The van der Waals surface area contributed by atoms with Crippen molar-refractivity contribution < 1.29 is 9.69 Å². The van der Waals surface area contributed by atoms with Crippen molar-refractivity contribution in [3.8, 4) is 0 Å². The number of hydrogen-bond acceptors (Lipinski definition) is 1. The molecular formula is C17H23ClNO+. The van der Waals surface area contributed by atoms with Crippen LogP contribution >= 0.6 is 11.6 Å². The van der Waals surface area contributed by atoms with E-state index < -0.39 is 0 Å². The van der Waals surface area contributed by atoms with Crippen LogP contribution in [0.15, 0.2) is 24.3 Å². The van der Waals surface area contributed by atoms with E-state index in [0.29, 0.717) is 12.3 Å². The first-order valence-electron chi connectivity index (χ1n) is 7.84. The lowest BCUT2D eigenvalue weighted by atomic mass is 9.62. The smallest absolute Gasteiger partial charge is 0.197 e. The van der Waals surface area contributed by atoms with Gasteiger partial charge in [-0.25, -0.2) is 0 Å². The van der Waals surface area contributed by atoms with Crippen LogP contribution in [0.1, 0.15) is 44.1 Å². The Labute approximate surface area is 126 Å². The molecule has 1 N–H and O–H groups in total. The van der Waals surface area contributed by atoms with Gasteiger partial charge < -0.3 is 4.90 Å². The first kappa shape index (κ1) is 14.1. The monoisotopic (exact) mass is 292 g/mol. The van der Waals surface area contributed by atoms with Gasteiger partial charge in [-0.2, -0.15) is 0 Å². The van der Waals surface area contributed by atoms with Crippen LogP contribution in [-0.2, 0) is 10.2 Å². The van der Waals surface area contributed by atoms with Crippen molar-refractivity contribution in [1.82, 2.24) is 0 Å². The summed E-state index contributed by atoms with van der Waals surface area (Å²) in [5.41, 5.74) is 0.910. The molecule has 0 radical (unpaired) electrons. The zero-order valence-electron chi connectivity index (χ0n) is 12.0. The first-order valence-corrected chi connectivity index (χ1v) is 8.21. The molecule has 2 fully saturated rings. The van der Waals surface area contributed by atoms with Gasteiger partial charge in [0.15, 0.2) is 5.78 Å². The second-order valence-corrected chi connectivity index (χ2v) is 6.79. The van der Waals surface area contributed by atoms with Crippen LogP contribution in [0.4, 0.5) is 0 Å². The van der Waals surface area contributed by atoms with E-state index in [0.717, 1.165) is 42.9 Å². The number of likely N-dealkylation sites (tertiary alicyclic amines) is 1. The molecule has 3 heteroatoms. The van der Waals surface area contributed by atoms with Gasteiger partial charge in [0.2, 0.25) is 0 Å². The molecule has 1 aliphatic heterocycles. The van der Waals surface area contributed by atoms with Crippen molar-refractivity contribution in [2.24, 2.45) is 0 Å². The fraction of sp³-hybridized carbons (Fsp3) is 0.588. The molecule has 2 nitrogen and oxygen atoms in total. The maximum absolute atomic E-state index is 12.9. The summed E-state index contributed by atoms with van der Waals surface area (Å²) in [4.78, 5) is 14.3. The van der Waals surface area contributed by atoms with Gasteiger partial charge in [-0.15, -0.1) is 0 Å². The van der Waals surface area contributed by atoms with Crippen LogP contribution in [0.5, 0.6) is 0 Å². The van der Waals surface area contributed by atoms with E-state index in [1.54, 1.807) is 0 Å². The summed E-state index contributed by atoms with van der Waals surface area (Å²) in [5, 5.41) is 0.742. The highest BCUT2D eigenvalue weighted by Crippen LogP contribution is 2.44. The molecule has 0 unspecified atom stereocenters. The summed E-state index contributed by atoms with van der Waals surface area (Å²) in [6.45, 7) is 3.03. The summed E-state index contributed by atoms with van der Waals surface area (Å²) in [6, 6.07) is 7.93. The van der Waals surface area contributed by atoms with E-state index in [1.165, 1.54) is 24.2 Å². The zero-order chi connectivity index (χ0) is 14.0. The van der Waals surface area contributed by atoms with Crippen LogP contribution in [0, 0.1) is 0 Å². The third-order valence-corrected chi connectivity index (χ3v) is 5.32. The molecule has 108 valence electrons. The van der Waals surface area contributed by atoms with E-state index >= 15 is 0 Å². The fourth-order valence-corrected chi connectivity index (χ4v) is 3.86. The van der Waals surface area contributed by atoms with Gasteiger partial charge in [-0.3, -0.25) is 4.79 Å². The Morgan fingerprint density at radius 3 is 2.50 bits per heavy atom. The van der Waals surface area contributed by atoms with E-state index in [2.05, 4.69) is 6.07 Å². The summed E-state index contributed by atoms with van der Waals surface area (Å²) >= 11 is 6.11. The number of benzene rings is 1. The number of Topliss-reactive ketones (excluding diaryl/α,β-unsaturated/α-hetero) is 1. The van der Waals surface area contributed by atoms with E-state index in [-0.39, 0.29) is 5.41 Å².